The number of anilines is 1. The van der Waals surface area contributed by atoms with E-state index in [1.54, 1.807) is 4.68 Å². The molecule has 1 aliphatic carbocycles. The maximum absolute atomic E-state index is 13.2. The summed E-state index contributed by atoms with van der Waals surface area (Å²) in [6.45, 7) is 3.75. The van der Waals surface area contributed by atoms with Crippen LogP contribution in [0.5, 0.6) is 0 Å². The van der Waals surface area contributed by atoms with Crippen LogP contribution in [0.1, 0.15) is 37.1 Å². The van der Waals surface area contributed by atoms with Crippen molar-refractivity contribution >= 4 is 17.5 Å². The molecular weight excluding hydrogens is 326 g/mol. The van der Waals surface area contributed by atoms with E-state index in [1.165, 1.54) is 0 Å². The van der Waals surface area contributed by atoms with Gasteiger partial charge >= 0.3 is 0 Å². The van der Waals surface area contributed by atoms with Crippen molar-refractivity contribution in [3.8, 4) is 5.95 Å². The van der Waals surface area contributed by atoms with E-state index < -0.39 is 5.92 Å². The van der Waals surface area contributed by atoms with Crippen LogP contribution in [-0.4, -0.2) is 36.7 Å². The zero-order valence-electron chi connectivity index (χ0n) is 12.9. The monoisotopic (exact) mass is 342 g/mol. The molecule has 0 spiro atoms. The van der Waals surface area contributed by atoms with Gasteiger partial charge in [0.1, 0.15) is 0 Å². The molecule has 3 rings (SSSR count). The molecule has 1 aliphatic rings. The van der Waals surface area contributed by atoms with Crippen LogP contribution < -0.4 is 5.32 Å². The van der Waals surface area contributed by atoms with Gasteiger partial charge in [0.2, 0.25) is 17.2 Å². The molecule has 0 aromatic carbocycles. The highest BCUT2D eigenvalue weighted by molar-refractivity contribution is 6.28. The van der Waals surface area contributed by atoms with Crippen LogP contribution in [0.2, 0.25) is 5.28 Å². The third-order valence-corrected chi connectivity index (χ3v) is 4.01. The van der Waals surface area contributed by atoms with E-state index in [-0.39, 0.29) is 30.1 Å². The van der Waals surface area contributed by atoms with E-state index >= 15 is 0 Å². The first-order valence-electron chi connectivity index (χ1n) is 7.42. The van der Waals surface area contributed by atoms with E-state index in [2.05, 4.69) is 25.4 Å². The average Bonchev–Trinajstić information content (AvgIpc) is 2.79. The smallest absolute Gasteiger partial charge is 0.256 e. The third kappa shape index (κ3) is 3.74. The van der Waals surface area contributed by atoms with Crippen LogP contribution in [-0.2, 0) is 0 Å². The van der Waals surface area contributed by atoms with E-state index in [0.29, 0.717) is 18.8 Å². The van der Waals surface area contributed by atoms with Crippen LogP contribution >= 0.6 is 11.6 Å². The highest BCUT2D eigenvalue weighted by atomic mass is 35.5. The molecule has 0 aliphatic heterocycles. The van der Waals surface area contributed by atoms with Gasteiger partial charge in [0, 0.05) is 24.6 Å². The Bertz CT molecular complexity index is 707. The van der Waals surface area contributed by atoms with Gasteiger partial charge in [0.05, 0.1) is 5.69 Å². The number of alkyl halides is 2. The van der Waals surface area contributed by atoms with Crippen molar-refractivity contribution in [2.45, 2.75) is 51.5 Å². The molecule has 124 valence electrons. The zero-order chi connectivity index (χ0) is 16.6. The lowest BCUT2D eigenvalue weighted by Crippen LogP contribution is -2.32. The van der Waals surface area contributed by atoms with Gasteiger partial charge in [0.25, 0.3) is 5.95 Å². The Morgan fingerprint density at radius 3 is 2.52 bits per heavy atom. The van der Waals surface area contributed by atoms with Gasteiger partial charge in [-0.2, -0.15) is 20.1 Å². The fourth-order valence-corrected chi connectivity index (χ4v) is 2.85. The van der Waals surface area contributed by atoms with Crippen LogP contribution in [0.3, 0.4) is 0 Å². The summed E-state index contributed by atoms with van der Waals surface area (Å²) in [5, 5.41) is 7.42. The molecule has 2 aromatic heterocycles. The quantitative estimate of drug-likeness (QED) is 0.926. The van der Waals surface area contributed by atoms with E-state index in [0.717, 1.165) is 11.4 Å². The minimum absolute atomic E-state index is 0.0335. The van der Waals surface area contributed by atoms with Crippen LogP contribution in [0.25, 0.3) is 5.95 Å². The number of halogens is 3. The Morgan fingerprint density at radius 1 is 1.22 bits per heavy atom. The van der Waals surface area contributed by atoms with Gasteiger partial charge in [-0.05, 0) is 44.4 Å². The molecule has 0 saturated heterocycles. The Balaban J connectivity index is 1.80. The minimum Gasteiger partial charge on any atom is -0.351 e. The Labute approximate surface area is 137 Å². The highest BCUT2D eigenvalue weighted by Crippen LogP contribution is 2.33. The molecule has 1 N–H and O–H groups in total. The molecule has 1 fully saturated rings. The lowest BCUT2D eigenvalue weighted by molar-refractivity contribution is -0.0361. The molecule has 0 bridgehead atoms. The summed E-state index contributed by atoms with van der Waals surface area (Å²) < 4.78 is 28.0. The molecule has 9 heteroatoms. The fraction of sp³-hybridized carbons (Fsp3) is 0.571. The van der Waals surface area contributed by atoms with Gasteiger partial charge in [-0.15, -0.1) is 0 Å². The normalized spacial score (nSPS) is 18.1. The molecule has 0 atom stereocenters. The number of hydrogen-bond acceptors (Lipinski definition) is 5. The lowest BCUT2D eigenvalue weighted by atomic mass is 9.92. The Kier molecular flexibility index (Phi) is 4.18. The second-order valence-electron chi connectivity index (χ2n) is 5.84. The van der Waals surface area contributed by atoms with Gasteiger partial charge in [-0.3, -0.25) is 0 Å². The van der Waals surface area contributed by atoms with E-state index in [1.807, 2.05) is 19.9 Å². The van der Waals surface area contributed by atoms with Gasteiger partial charge in [0.15, 0.2) is 0 Å². The Morgan fingerprint density at radius 2 is 1.91 bits per heavy atom. The molecule has 2 heterocycles. The summed E-state index contributed by atoms with van der Waals surface area (Å²) in [5.74, 6) is -1.98. The molecule has 2 aromatic rings. The number of aryl methyl sites for hydroxylation is 2. The number of rotatable bonds is 3. The molecular formula is C14H17ClF2N6. The summed E-state index contributed by atoms with van der Waals surface area (Å²) in [7, 11) is 0. The topological polar surface area (TPSA) is 68.5 Å². The second-order valence-corrected chi connectivity index (χ2v) is 6.18. The van der Waals surface area contributed by atoms with Crippen molar-refractivity contribution in [3.63, 3.8) is 0 Å². The van der Waals surface area contributed by atoms with Crippen molar-refractivity contribution in [2.24, 2.45) is 0 Å². The summed E-state index contributed by atoms with van der Waals surface area (Å²) in [6, 6.07) is 1.80. The van der Waals surface area contributed by atoms with Crippen molar-refractivity contribution in [1.29, 1.82) is 0 Å². The molecule has 0 amide bonds. The highest BCUT2D eigenvalue weighted by Gasteiger charge is 2.35. The lowest BCUT2D eigenvalue weighted by Gasteiger charge is -2.28. The molecule has 1 saturated carbocycles. The molecule has 23 heavy (non-hydrogen) atoms. The maximum Gasteiger partial charge on any atom is 0.256 e. The van der Waals surface area contributed by atoms with Crippen LogP contribution in [0.4, 0.5) is 14.7 Å². The summed E-state index contributed by atoms with van der Waals surface area (Å²) in [4.78, 5) is 12.4. The SMILES string of the molecule is Cc1cc(C)n(-c2nc(Cl)nc(NC3CCC(F)(F)CC3)n2)n1. The van der Waals surface area contributed by atoms with Crippen LogP contribution in [0.15, 0.2) is 6.07 Å². The second kappa shape index (κ2) is 5.99. The first-order chi connectivity index (χ1) is 10.8. The molecule has 0 unspecified atom stereocenters. The van der Waals surface area contributed by atoms with Crippen LogP contribution in [0, 0.1) is 13.8 Å². The summed E-state index contributed by atoms with van der Waals surface area (Å²) in [6.07, 6.45) is 0.471. The Hall–Kier alpha value is -1.83. The maximum atomic E-state index is 13.2. The van der Waals surface area contributed by atoms with Crippen molar-refractivity contribution in [2.75, 3.05) is 5.32 Å². The summed E-state index contributed by atoms with van der Waals surface area (Å²) >= 11 is 5.96. The number of hydrogen-bond donors (Lipinski definition) is 1. The summed E-state index contributed by atoms with van der Waals surface area (Å²) in [5.41, 5.74) is 1.70. The average molecular weight is 343 g/mol. The number of aromatic nitrogens is 5. The van der Waals surface area contributed by atoms with Crippen molar-refractivity contribution < 1.29 is 8.78 Å². The number of nitrogens with one attached hydrogen (secondary N) is 1. The predicted molar refractivity (Wildman–Crippen MR) is 82.3 cm³/mol. The molecule has 0 radical (unpaired) electrons. The standard InChI is InChI=1S/C14H17ClF2N6/c1-8-7-9(2)23(22-8)13-20-11(15)19-12(21-13)18-10-3-5-14(16,17)6-4-10/h7,10H,3-6H2,1-2H3,(H,18,19,20,21). The largest absolute Gasteiger partial charge is 0.351 e. The van der Waals surface area contributed by atoms with Gasteiger partial charge in [-0.25, -0.2) is 13.5 Å². The minimum atomic E-state index is -2.57. The van der Waals surface area contributed by atoms with Gasteiger partial charge < -0.3 is 5.32 Å². The first kappa shape index (κ1) is 16.0. The predicted octanol–water partition coefficient (Wildman–Crippen LogP) is 3.32. The third-order valence-electron chi connectivity index (χ3n) is 3.85. The van der Waals surface area contributed by atoms with Crippen molar-refractivity contribution in [3.05, 3.63) is 22.7 Å². The van der Waals surface area contributed by atoms with Gasteiger partial charge in [-0.1, -0.05) is 0 Å². The van der Waals surface area contributed by atoms with Crippen molar-refractivity contribution in [1.82, 2.24) is 24.7 Å². The van der Waals surface area contributed by atoms with E-state index in [9.17, 15) is 8.78 Å². The zero-order valence-corrected chi connectivity index (χ0v) is 13.6. The van der Waals surface area contributed by atoms with E-state index in [4.69, 9.17) is 11.6 Å². The first-order valence-corrected chi connectivity index (χ1v) is 7.80. The number of nitrogens with zero attached hydrogens (tertiary/aromatic N) is 5. The fourth-order valence-electron chi connectivity index (χ4n) is 2.70. The molecule has 6 nitrogen and oxygen atoms in total.